The molecule has 1 aliphatic carbocycles. The molecule has 9 heteroatoms. The highest BCUT2D eigenvalue weighted by Crippen LogP contribution is 2.28. The summed E-state index contributed by atoms with van der Waals surface area (Å²) in [7, 11) is 1.30. The second-order valence-electron chi connectivity index (χ2n) is 6.53. The minimum absolute atomic E-state index is 0.0166. The van der Waals surface area contributed by atoms with Crippen LogP contribution >= 0.6 is 11.6 Å². The van der Waals surface area contributed by atoms with Crippen LogP contribution in [0.25, 0.3) is 0 Å². The van der Waals surface area contributed by atoms with Gasteiger partial charge in [-0.2, -0.15) is 0 Å². The Hall–Kier alpha value is -2.48. The monoisotopic (exact) mass is 394 g/mol. The van der Waals surface area contributed by atoms with Gasteiger partial charge in [-0.25, -0.2) is 13.9 Å². The summed E-state index contributed by atoms with van der Waals surface area (Å²) in [5.74, 6) is -1.25. The largest absolute Gasteiger partial charge is 0.464 e. The second kappa shape index (κ2) is 8.47. The predicted molar refractivity (Wildman–Crippen MR) is 95.9 cm³/mol. The summed E-state index contributed by atoms with van der Waals surface area (Å²) >= 11 is 5.97. The summed E-state index contributed by atoms with van der Waals surface area (Å²) in [5.41, 5.74) is 0.387. The number of carbonyl (C=O) groups is 2. The van der Waals surface area contributed by atoms with Crippen LogP contribution in [0.4, 0.5) is 4.39 Å². The molecule has 1 N–H and O–H groups in total. The molecule has 7 nitrogen and oxygen atoms in total. The Labute approximate surface area is 160 Å². The van der Waals surface area contributed by atoms with Crippen LogP contribution in [0.5, 0.6) is 0 Å². The smallest absolute Gasteiger partial charge is 0.360 e. The van der Waals surface area contributed by atoms with E-state index in [1.807, 2.05) is 0 Å². The van der Waals surface area contributed by atoms with E-state index in [1.165, 1.54) is 19.2 Å². The molecule has 0 atom stereocenters. The molecule has 1 aromatic carbocycles. The number of hydrogen-bond donors (Lipinski definition) is 1. The third-order valence-electron chi connectivity index (χ3n) is 4.74. The molecule has 0 unspecified atom stereocenters. The van der Waals surface area contributed by atoms with Crippen LogP contribution in [0.15, 0.2) is 24.4 Å². The molecule has 2 aromatic rings. The van der Waals surface area contributed by atoms with Gasteiger partial charge in [0, 0.05) is 16.6 Å². The van der Waals surface area contributed by atoms with Crippen LogP contribution in [0, 0.1) is 5.82 Å². The Balaban J connectivity index is 1.51. The molecule has 0 bridgehead atoms. The number of nitrogens with zero attached hydrogens (tertiary/aromatic N) is 3. The zero-order chi connectivity index (χ0) is 19.4. The average molecular weight is 395 g/mol. The number of rotatable bonds is 5. The van der Waals surface area contributed by atoms with Gasteiger partial charge < -0.3 is 10.1 Å². The molecule has 3 rings (SSSR count). The van der Waals surface area contributed by atoms with Gasteiger partial charge in [0.1, 0.15) is 5.82 Å². The molecule has 0 spiro atoms. The molecular formula is C18H20ClFN4O3. The summed E-state index contributed by atoms with van der Waals surface area (Å²) < 4.78 is 20.1. The van der Waals surface area contributed by atoms with Crippen molar-refractivity contribution in [3.05, 3.63) is 46.5 Å². The Bertz CT molecular complexity index is 814. The summed E-state index contributed by atoms with van der Waals surface area (Å²) in [6.45, 7) is 0. The summed E-state index contributed by atoms with van der Waals surface area (Å²) in [6, 6.07) is 4.50. The fraction of sp³-hybridized carbons (Fsp3) is 0.444. The van der Waals surface area contributed by atoms with Crippen LogP contribution in [-0.4, -0.2) is 40.0 Å². The van der Waals surface area contributed by atoms with Gasteiger partial charge in [-0.15, -0.1) is 5.10 Å². The Morgan fingerprint density at radius 1 is 1.33 bits per heavy atom. The van der Waals surface area contributed by atoms with Crippen LogP contribution in [0.3, 0.4) is 0 Å². The standard InChI is InChI=1S/C18H20ClFN4O3/c1-27-18(26)16-10-24(23-22-16)12-7-5-11(6-8-12)21-17(25)9-13-14(19)3-2-4-15(13)20/h2-4,10-12H,5-9H2,1H3,(H,21,25). The lowest BCUT2D eigenvalue weighted by Gasteiger charge is -2.29. The molecular weight excluding hydrogens is 375 g/mol. The van der Waals surface area contributed by atoms with Crippen molar-refractivity contribution >= 4 is 23.5 Å². The molecule has 144 valence electrons. The first kappa shape index (κ1) is 19.3. The number of amides is 1. The summed E-state index contributed by atoms with van der Waals surface area (Å²) in [4.78, 5) is 23.7. The van der Waals surface area contributed by atoms with E-state index in [1.54, 1.807) is 16.9 Å². The topological polar surface area (TPSA) is 86.1 Å². The highest BCUT2D eigenvalue weighted by atomic mass is 35.5. The van der Waals surface area contributed by atoms with Gasteiger partial charge in [0.05, 0.1) is 25.8 Å². The quantitative estimate of drug-likeness (QED) is 0.788. The van der Waals surface area contributed by atoms with E-state index < -0.39 is 11.8 Å². The van der Waals surface area contributed by atoms with Crippen molar-refractivity contribution in [2.75, 3.05) is 7.11 Å². The SMILES string of the molecule is COC(=O)c1cn(C2CCC(NC(=O)Cc3c(F)cccc3Cl)CC2)nn1. The highest BCUT2D eigenvalue weighted by molar-refractivity contribution is 6.31. The Morgan fingerprint density at radius 2 is 2.07 bits per heavy atom. The first-order chi connectivity index (χ1) is 13.0. The van der Waals surface area contributed by atoms with Crippen LogP contribution in [0.1, 0.15) is 47.8 Å². The highest BCUT2D eigenvalue weighted by Gasteiger charge is 2.25. The van der Waals surface area contributed by atoms with Crippen molar-refractivity contribution < 1.29 is 18.7 Å². The second-order valence-corrected chi connectivity index (χ2v) is 6.93. The lowest BCUT2D eigenvalue weighted by atomic mass is 9.91. The molecule has 0 saturated heterocycles. The number of hydrogen-bond acceptors (Lipinski definition) is 5. The van der Waals surface area contributed by atoms with Gasteiger partial charge in [0.2, 0.25) is 5.91 Å². The lowest BCUT2D eigenvalue weighted by molar-refractivity contribution is -0.121. The van der Waals surface area contributed by atoms with Crippen molar-refractivity contribution in [3.63, 3.8) is 0 Å². The number of aromatic nitrogens is 3. The number of benzene rings is 1. The third kappa shape index (κ3) is 4.63. The van der Waals surface area contributed by atoms with E-state index in [-0.39, 0.29) is 40.7 Å². The minimum Gasteiger partial charge on any atom is -0.464 e. The van der Waals surface area contributed by atoms with Gasteiger partial charge >= 0.3 is 5.97 Å². The van der Waals surface area contributed by atoms with Crippen molar-refractivity contribution in [3.8, 4) is 0 Å². The lowest BCUT2D eigenvalue weighted by Crippen LogP contribution is -2.39. The van der Waals surface area contributed by atoms with Crippen molar-refractivity contribution in [1.82, 2.24) is 20.3 Å². The van der Waals surface area contributed by atoms with Gasteiger partial charge in [-0.1, -0.05) is 22.9 Å². The maximum absolute atomic E-state index is 13.8. The molecule has 1 aliphatic rings. The molecule has 1 fully saturated rings. The van der Waals surface area contributed by atoms with Crippen LogP contribution < -0.4 is 5.32 Å². The molecule has 1 saturated carbocycles. The molecule has 0 radical (unpaired) electrons. The molecule has 1 aromatic heterocycles. The number of methoxy groups -OCH3 is 1. The fourth-order valence-electron chi connectivity index (χ4n) is 3.28. The number of nitrogens with one attached hydrogen (secondary N) is 1. The Kier molecular flexibility index (Phi) is 6.05. The number of esters is 1. The molecule has 1 heterocycles. The van der Waals surface area contributed by atoms with Crippen molar-refractivity contribution in [2.24, 2.45) is 0 Å². The first-order valence-electron chi connectivity index (χ1n) is 8.70. The zero-order valence-corrected chi connectivity index (χ0v) is 15.6. The minimum atomic E-state index is -0.519. The summed E-state index contributed by atoms with van der Waals surface area (Å²) in [6.07, 6.45) is 4.58. The van der Waals surface area contributed by atoms with E-state index in [0.717, 1.165) is 25.7 Å². The van der Waals surface area contributed by atoms with Gasteiger partial charge in [-0.05, 0) is 37.8 Å². The van der Waals surface area contributed by atoms with Crippen molar-refractivity contribution in [1.29, 1.82) is 0 Å². The number of ether oxygens (including phenoxy) is 1. The number of carbonyl (C=O) groups excluding carboxylic acids is 2. The van der Waals surface area contributed by atoms with E-state index in [0.29, 0.717) is 0 Å². The van der Waals surface area contributed by atoms with E-state index in [2.05, 4.69) is 20.4 Å². The van der Waals surface area contributed by atoms with E-state index in [4.69, 9.17) is 11.6 Å². The van der Waals surface area contributed by atoms with Crippen molar-refractivity contribution in [2.45, 2.75) is 44.2 Å². The average Bonchev–Trinajstić information content (AvgIpc) is 3.15. The third-order valence-corrected chi connectivity index (χ3v) is 5.09. The van der Waals surface area contributed by atoms with Crippen LogP contribution in [0.2, 0.25) is 5.02 Å². The van der Waals surface area contributed by atoms with Gasteiger partial charge in [-0.3, -0.25) is 4.79 Å². The number of halogens is 2. The normalized spacial score (nSPS) is 19.5. The summed E-state index contributed by atoms with van der Waals surface area (Å²) in [5, 5.41) is 11.0. The van der Waals surface area contributed by atoms with Crippen LogP contribution in [-0.2, 0) is 16.0 Å². The maximum atomic E-state index is 13.8. The zero-order valence-electron chi connectivity index (χ0n) is 14.8. The fourth-order valence-corrected chi connectivity index (χ4v) is 3.51. The molecule has 1 amide bonds. The van der Waals surface area contributed by atoms with Gasteiger partial charge in [0.25, 0.3) is 0 Å². The first-order valence-corrected chi connectivity index (χ1v) is 9.08. The maximum Gasteiger partial charge on any atom is 0.360 e. The molecule has 27 heavy (non-hydrogen) atoms. The Morgan fingerprint density at radius 3 is 2.74 bits per heavy atom. The van der Waals surface area contributed by atoms with E-state index >= 15 is 0 Å². The molecule has 0 aliphatic heterocycles. The predicted octanol–water partition coefficient (Wildman–Crippen LogP) is 2.70. The van der Waals surface area contributed by atoms with E-state index in [9.17, 15) is 14.0 Å². The van der Waals surface area contributed by atoms with Gasteiger partial charge in [0.15, 0.2) is 5.69 Å².